The van der Waals surface area contributed by atoms with Crippen LogP contribution in [0.15, 0.2) is 24.3 Å². The molecule has 0 saturated carbocycles. The molecule has 1 N–H and O–H groups in total. The maximum atomic E-state index is 3.38. The summed E-state index contributed by atoms with van der Waals surface area (Å²) >= 11 is 0. The Bertz CT molecular complexity index is 307. The van der Waals surface area contributed by atoms with Gasteiger partial charge in [0.2, 0.25) is 0 Å². The summed E-state index contributed by atoms with van der Waals surface area (Å²) < 4.78 is 0. The lowest BCUT2D eigenvalue weighted by atomic mass is 9.92. The molecule has 0 fully saturated rings. The second-order valence-corrected chi connectivity index (χ2v) is 4.10. The van der Waals surface area contributed by atoms with Crippen LogP contribution in [0.1, 0.15) is 24.9 Å². The molecule has 0 spiro atoms. The molecule has 14 heavy (non-hydrogen) atoms. The van der Waals surface area contributed by atoms with Crippen molar-refractivity contribution in [3.63, 3.8) is 0 Å². The van der Waals surface area contributed by atoms with E-state index in [-0.39, 0.29) is 0 Å². The van der Waals surface area contributed by atoms with E-state index in [1.807, 2.05) is 7.05 Å². The quantitative estimate of drug-likeness (QED) is 0.730. The summed E-state index contributed by atoms with van der Waals surface area (Å²) in [5, 5.41) is 3.38. The first-order valence-electron chi connectivity index (χ1n) is 5.23. The summed E-state index contributed by atoms with van der Waals surface area (Å²) in [5.41, 5.74) is 2.79. The monoisotopic (exact) mass is 190 g/mol. The first-order chi connectivity index (χ1) is 6.74. The zero-order chi connectivity index (χ0) is 10.1. The number of rotatable bonds is 1. The summed E-state index contributed by atoms with van der Waals surface area (Å²) in [4.78, 5) is 2.36. The minimum absolute atomic E-state index is 0.511. The van der Waals surface area contributed by atoms with Crippen LogP contribution in [0.3, 0.4) is 0 Å². The Morgan fingerprint density at radius 3 is 2.79 bits per heavy atom. The Labute approximate surface area is 85.9 Å². The third-order valence-electron chi connectivity index (χ3n) is 3.28. The van der Waals surface area contributed by atoms with E-state index >= 15 is 0 Å². The number of benzene rings is 1. The number of anilines is 1. The van der Waals surface area contributed by atoms with E-state index < -0.39 is 0 Å². The average molecular weight is 190 g/mol. The zero-order valence-electron chi connectivity index (χ0n) is 9.12. The predicted octanol–water partition coefficient (Wildman–Crippen LogP) is 2.18. The van der Waals surface area contributed by atoms with Crippen molar-refractivity contribution in [2.75, 3.05) is 19.0 Å². The second kappa shape index (κ2) is 3.62. The summed E-state index contributed by atoms with van der Waals surface area (Å²) in [6, 6.07) is 9.78. The van der Waals surface area contributed by atoms with E-state index in [1.165, 1.54) is 17.7 Å². The van der Waals surface area contributed by atoms with Crippen LogP contribution < -0.4 is 10.2 Å². The van der Waals surface area contributed by atoms with Gasteiger partial charge in [-0.2, -0.15) is 0 Å². The number of hydrogen-bond donors (Lipinski definition) is 1. The van der Waals surface area contributed by atoms with E-state index in [9.17, 15) is 0 Å². The maximum absolute atomic E-state index is 3.38. The van der Waals surface area contributed by atoms with Crippen molar-refractivity contribution >= 4 is 5.69 Å². The van der Waals surface area contributed by atoms with Crippen LogP contribution in [0.2, 0.25) is 0 Å². The van der Waals surface area contributed by atoms with Gasteiger partial charge in [0.15, 0.2) is 0 Å². The second-order valence-electron chi connectivity index (χ2n) is 4.10. The molecular weight excluding hydrogens is 172 g/mol. The van der Waals surface area contributed by atoms with Crippen molar-refractivity contribution in [1.29, 1.82) is 0 Å². The first-order valence-corrected chi connectivity index (χ1v) is 5.23. The van der Waals surface area contributed by atoms with Crippen LogP contribution in [-0.4, -0.2) is 20.1 Å². The fourth-order valence-corrected chi connectivity index (χ4v) is 2.24. The van der Waals surface area contributed by atoms with Crippen molar-refractivity contribution in [3.8, 4) is 0 Å². The van der Waals surface area contributed by atoms with E-state index in [1.54, 1.807) is 0 Å². The van der Waals surface area contributed by atoms with E-state index in [0.29, 0.717) is 12.1 Å². The Morgan fingerprint density at radius 2 is 2.07 bits per heavy atom. The highest BCUT2D eigenvalue weighted by molar-refractivity contribution is 5.57. The molecule has 1 aliphatic heterocycles. The number of fused-ring (bicyclic) bond motifs is 1. The fraction of sp³-hybridized carbons (Fsp3) is 0.500. The Hall–Kier alpha value is -1.02. The third kappa shape index (κ3) is 1.40. The molecule has 76 valence electrons. The van der Waals surface area contributed by atoms with Gasteiger partial charge >= 0.3 is 0 Å². The SMILES string of the molecule is CNC1CC(C)N(C)c2ccccc21. The van der Waals surface area contributed by atoms with Gasteiger partial charge in [0.25, 0.3) is 0 Å². The molecule has 1 aliphatic rings. The molecular formula is C12H18N2. The molecule has 2 atom stereocenters. The Kier molecular flexibility index (Phi) is 2.46. The number of hydrogen-bond acceptors (Lipinski definition) is 2. The van der Waals surface area contributed by atoms with Crippen LogP contribution in [0.5, 0.6) is 0 Å². The van der Waals surface area contributed by atoms with Gasteiger partial charge in [-0.3, -0.25) is 0 Å². The molecule has 0 aliphatic carbocycles. The van der Waals surface area contributed by atoms with Crippen LogP contribution in [0.4, 0.5) is 5.69 Å². The molecule has 0 aromatic heterocycles. The molecule has 2 unspecified atom stereocenters. The lowest BCUT2D eigenvalue weighted by Gasteiger charge is -2.38. The van der Waals surface area contributed by atoms with Gasteiger partial charge < -0.3 is 10.2 Å². The van der Waals surface area contributed by atoms with Gasteiger partial charge in [-0.05, 0) is 32.0 Å². The Balaban J connectivity index is 2.44. The van der Waals surface area contributed by atoms with Gasteiger partial charge in [0.1, 0.15) is 0 Å². The van der Waals surface area contributed by atoms with E-state index in [0.717, 1.165) is 0 Å². The smallest absolute Gasteiger partial charge is 0.0414 e. The van der Waals surface area contributed by atoms with Crippen LogP contribution in [0.25, 0.3) is 0 Å². The highest BCUT2D eigenvalue weighted by Crippen LogP contribution is 2.35. The topological polar surface area (TPSA) is 15.3 Å². The van der Waals surface area contributed by atoms with Gasteiger partial charge in [0, 0.05) is 24.8 Å². The van der Waals surface area contributed by atoms with Crippen molar-refractivity contribution in [3.05, 3.63) is 29.8 Å². The molecule has 1 aromatic carbocycles. The summed E-state index contributed by atoms with van der Waals surface area (Å²) in [6.45, 7) is 2.28. The van der Waals surface area contributed by atoms with Gasteiger partial charge in [-0.1, -0.05) is 18.2 Å². The summed E-state index contributed by atoms with van der Waals surface area (Å²) in [5.74, 6) is 0. The Morgan fingerprint density at radius 1 is 1.36 bits per heavy atom. The predicted molar refractivity (Wildman–Crippen MR) is 60.7 cm³/mol. The van der Waals surface area contributed by atoms with Crippen LogP contribution in [-0.2, 0) is 0 Å². The van der Waals surface area contributed by atoms with Gasteiger partial charge in [-0.15, -0.1) is 0 Å². The maximum Gasteiger partial charge on any atom is 0.0414 e. The van der Waals surface area contributed by atoms with Crippen molar-refractivity contribution < 1.29 is 0 Å². The largest absolute Gasteiger partial charge is 0.372 e. The average Bonchev–Trinajstić information content (AvgIpc) is 2.23. The molecule has 2 heteroatoms. The minimum atomic E-state index is 0.511. The lowest BCUT2D eigenvalue weighted by molar-refractivity contribution is 0.463. The number of nitrogens with one attached hydrogen (secondary N) is 1. The van der Waals surface area contributed by atoms with Crippen LogP contribution in [0, 0.1) is 0 Å². The zero-order valence-corrected chi connectivity index (χ0v) is 9.12. The molecule has 2 rings (SSSR count). The highest BCUT2D eigenvalue weighted by atomic mass is 15.2. The molecule has 1 aromatic rings. The molecule has 0 radical (unpaired) electrons. The molecule has 2 nitrogen and oxygen atoms in total. The van der Waals surface area contributed by atoms with Crippen molar-refractivity contribution in [2.45, 2.75) is 25.4 Å². The third-order valence-corrected chi connectivity index (χ3v) is 3.28. The molecule has 0 amide bonds. The lowest BCUT2D eigenvalue weighted by Crippen LogP contribution is -2.38. The fourth-order valence-electron chi connectivity index (χ4n) is 2.24. The summed E-state index contributed by atoms with van der Waals surface area (Å²) in [7, 11) is 4.22. The van der Waals surface area contributed by atoms with E-state index in [4.69, 9.17) is 0 Å². The first kappa shape index (κ1) is 9.53. The van der Waals surface area contributed by atoms with Gasteiger partial charge in [0.05, 0.1) is 0 Å². The highest BCUT2D eigenvalue weighted by Gasteiger charge is 2.26. The van der Waals surface area contributed by atoms with Crippen molar-refractivity contribution in [1.82, 2.24) is 5.32 Å². The standard InChI is InChI=1S/C12H18N2/c1-9-8-11(13-2)10-6-4-5-7-12(10)14(9)3/h4-7,9,11,13H,8H2,1-3H3. The number of para-hydroxylation sites is 1. The van der Waals surface area contributed by atoms with Crippen LogP contribution >= 0.6 is 0 Å². The molecule has 0 saturated heterocycles. The van der Waals surface area contributed by atoms with E-state index in [2.05, 4.69) is 48.5 Å². The minimum Gasteiger partial charge on any atom is -0.372 e. The molecule has 1 heterocycles. The normalized spacial score (nSPS) is 26.1. The number of nitrogens with zero attached hydrogens (tertiary/aromatic N) is 1. The molecule has 0 bridgehead atoms. The summed E-state index contributed by atoms with van der Waals surface area (Å²) in [6.07, 6.45) is 1.18. The van der Waals surface area contributed by atoms with Gasteiger partial charge in [-0.25, -0.2) is 0 Å². The van der Waals surface area contributed by atoms with Crippen molar-refractivity contribution in [2.24, 2.45) is 0 Å².